The zero-order chi connectivity index (χ0) is 16.1. The second-order valence-electron chi connectivity index (χ2n) is 6.58. The number of rotatable bonds is 6. The summed E-state index contributed by atoms with van der Waals surface area (Å²) in [4.78, 5) is 0. The molecule has 0 saturated carbocycles. The second-order valence-corrected chi connectivity index (χ2v) is 6.58. The van der Waals surface area contributed by atoms with E-state index in [0.717, 1.165) is 0 Å². The van der Waals surface area contributed by atoms with Crippen LogP contribution in [0.4, 0.5) is 0 Å². The van der Waals surface area contributed by atoms with Crippen LogP contribution in [-0.2, 0) is 5.41 Å². The summed E-state index contributed by atoms with van der Waals surface area (Å²) in [5.41, 5.74) is 4.37. The average Bonchev–Trinajstić information content (AvgIpc) is 3.04. The van der Waals surface area contributed by atoms with Crippen molar-refractivity contribution in [1.29, 1.82) is 0 Å². The van der Waals surface area contributed by atoms with Crippen molar-refractivity contribution in [3.8, 4) is 0 Å². The molecule has 1 aliphatic rings. The predicted molar refractivity (Wildman–Crippen MR) is 99.6 cm³/mol. The fourth-order valence-electron chi connectivity index (χ4n) is 4.02. The molecule has 0 saturated heterocycles. The lowest BCUT2D eigenvalue weighted by atomic mass is 9.62. The van der Waals surface area contributed by atoms with Gasteiger partial charge in [0.15, 0.2) is 0 Å². The van der Waals surface area contributed by atoms with Crippen LogP contribution in [0.3, 0.4) is 0 Å². The van der Waals surface area contributed by atoms with E-state index >= 15 is 0 Å². The highest BCUT2D eigenvalue weighted by Gasteiger charge is 2.41. The van der Waals surface area contributed by atoms with Gasteiger partial charge in [0, 0.05) is 11.3 Å². The van der Waals surface area contributed by atoms with Gasteiger partial charge in [-0.3, -0.25) is 0 Å². The molecule has 1 unspecified atom stereocenters. The molecule has 118 valence electrons. The Hall–Kier alpha value is -2.08. The van der Waals surface area contributed by atoms with Gasteiger partial charge in [-0.05, 0) is 24.5 Å². The molecular formula is C23H26. The molecule has 0 heteroatoms. The van der Waals surface area contributed by atoms with Gasteiger partial charge in [0.2, 0.25) is 0 Å². The van der Waals surface area contributed by atoms with E-state index in [2.05, 4.69) is 92.7 Å². The monoisotopic (exact) mass is 302 g/mol. The summed E-state index contributed by atoms with van der Waals surface area (Å²) in [6, 6.07) is 22.2. The molecule has 0 amide bonds. The zero-order valence-electron chi connectivity index (χ0n) is 14.2. The van der Waals surface area contributed by atoms with Gasteiger partial charge in [-0.1, -0.05) is 104 Å². The molecule has 0 nitrogen and oxygen atoms in total. The van der Waals surface area contributed by atoms with E-state index in [1.165, 1.54) is 36.0 Å². The smallest absolute Gasteiger partial charge is 0.0302 e. The first-order chi connectivity index (χ1) is 11.3. The van der Waals surface area contributed by atoms with Crippen LogP contribution in [0.1, 0.15) is 44.2 Å². The lowest BCUT2D eigenvalue weighted by Gasteiger charge is -2.41. The lowest BCUT2D eigenvalue weighted by molar-refractivity contribution is 0.382. The first kappa shape index (κ1) is 15.8. The molecule has 0 fully saturated rings. The van der Waals surface area contributed by atoms with E-state index in [4.69, 9.17) is 0 Å². The van der Waals surface area contributed by atoms with E-state index in [0.29, 0.717) is 5.92 Å². The Kier molecular flexibility index (Phi) is 4.81. The predicted octanol–water partition coefficient (Wildman–Crippen LogP) is 6.30. The molecule has 1 atom stereocenters. The Morgan fingerprint density at radius 1 is 0.870 bits per heavy atom. The average molecular weight is 302 g/mol. The van der Waals surface area contributed by atoms with E-state index in [1.807, 2.05) is 0 Å². The van der Waals surface area contributed by atoms with Crippen LogP contribution in [0, 0.1) is 5.92 Å². The minimum absolute atomic E-state index is 0.0338. The van der Waals surface area contributed by atoms with Crippen molar-refractivity contribution in [3.63, 3.8) is 0 Å². The molecule has 0 N–H and O–H groups in total. The third-order valence-corrected chi connectivity index (χ3v) is 5.19. The molecule has 2 aromatic rings. The van der Waals surface area contributed by atoms with Gasteiger partial charge in [-0.2, -0.15) is 0 Å². The van der Waals surface area contributed by atoms with Crippen molar-refractivity contribution < 1.29 is 0 Å². The third-order valence-electron chi connectivity index (χ3n) is 5.19. The number of unbranched alkanes of at least 4 members (excludes halogenated alkanes) is 1. The Bertz CT molecular complexity index is 637. The number of benzene rings is 2. The maximum atomic E-state index is 2.39. The Labute approximate surface area is 140 Å². The minimum atomic E-state index is 0.0338. The molecule has 0 radical (unpaired) electrons. The molecule has 2 aromatic carbocycles. The largest absolute Gasteiger partial charge is 0.0761 e. The number of hydrogen-bond donors (Lipinski definition) is 0. The molecule has 0 aromatic heterocycles. The van der Waals surface area contributed by atoms with E-state index in [9.17, 15) is 0 Å². The van der Waals surface area contributed by atoms with Crippen LogP contribution < -0.4 is 0 Å². The summed E-state index contributed by atoms with van der Waals surface area (Å²) in [6.45, 7) is 4.56. The molecular weight excluding hydrogens is 276 g/mol. The van der Waals surface area contributed by atoms with Crippen molar-refractivity contribution in [2.75, 3.05) is 0 Å². The van der Waals surface area contributed by atoms with Crippen molar-refractivity contribution in [1.82, 2.24) is 0 Å². The van der Waals surface area contributed by atoms with Crippen LogP contribution in [0.2, 0.25) is 0 Å². The van der Waals surface area contributed by atoms with Crippen LogP contribution >= 0.6 is 0 Å². The molecule has 0 bridgehead atoms. The summed E-state index contributed by atoms with van der Waals surface area (Å²) in [5.74, 6) is 0.443. The Morgan fingerprint density at radius 2 is 1.43 bits per heavy atom. The van der Waals surface area contributed by atoms with Crippen LogP contribution in [0.25, 0.3) is 0 Å². The maximum absolute atomic E-state index is 2.39. The minimum Gasteiger partial charge on any atom is -0.0761 e. The highest BCUT2D eigenvalue weighted by atomic mass is 14.4. The van der Waals surface area contributed by atoms with Gasteiger partial charge in [-0.25, -0.2) is 0 Å². The highest BCUT2D eigenvalue weighted by molar-refractivity contribution is 5.47. The van der Waals surface area contributed by atoms with E-state index in [-0.39, 0.29) is 5.41 Å². The van der Waals surface area contributed by atoms with Crippen molar-refractivity contribution in [3.05, 3.63) is 95.6 Å². The highest BCUT2D eigenvalue weighted by Crippen LogP contribution is 2.48. The number of hydrogen-bond acceptors (Lipinski definition) is 0. The lowest BCUT2D eigenvalue weighted by Crippen LogP contribution is -2.36. The van der Waals surface area contributed by atoms with Gasteiger partial charge in [0.1, 0.15) is 0 Å². The summed E-state index contributed by atoms with van der Waals surface area (Å²) in [6.07, 6.45) is 10.5. The fourth-order valence-corrected chi connectivity index (χ4v) is 4.02. The van der Waals surface area contributed by atoms with Gasteiger partial charge in [-0.15, -0.1) is 0 Å². The normalized spacial score (nSPS) is 17.3. The van der Waals surface area contributed by atoms with Crippen molar-refractivity contribution >= 4 is 0 Å². The third kappa shape index (κ3) is 2.91. The summed E-state index contributed by atoms with van der Waals surface area (Å²) in [5, 5.41) is 0. The van der Waals surface area contributed by atoms with Crippen LogP contribution in [0.15, 0.2) is 84.5 Å². The Balaban J connectivity index is 2.21. The van der Waals surface area contributed by atoms with Crippen LogP contribution in [-0.4, -0.2) is 0 Å². The quantitative estimate of drug-likeness (QED) is 0.587. The second kappa shape index (κ2) is 7.00. The standard InChI is InChI=1S/C23H26/c1-3-4-18-23(20-13-7-5-8-14-20,21-15-9-6-10-16-21)22-17-11-12-19(22)2/h5-17,22H,3-4,18H2,1-2H3. The van der Waals surface area contributed by atoms with Crippen molar-refractivity contribution in [2.24, 2.45) is 5.92 Å². The molecule has 1 aliphatic carbocycles. The molecule has 0 aliphatic heterocycles. The topological polar surface area (TPSA) is 0 Å². The fraction of sp³-hybridized carbons (Fsp3) is 0.304. The van der Waals surface area contributed by atoms with E-state index in [1.54, 1.807) is 0 Å². The van der Waals surface area contributed by atoms with Gasteiger partial charge in [0.05, 0.1) is 0 Å². The van der Waals surface area contributed by atoms with Gasteiger partial charge in [0.25, 0.3) is 0 Å². The molecule has 3 rings (SSSR count). The molecule has 0 spiro atoms. The number of allylic oxidation sites excluding steroid dienone is 4. The Morgan fingerprint density at radius 3 is 1.87 bits per heavy atom. The van der Waals surface area contributed by atoms with Crippen LogP contribution in [0.5, 0.6) is 0 Å². The SMILES string of the molecule is CCCCC(c1ccccc1)(c1ccccc1)C1C=CC=C1C. The summed E-state index contributed by atoms with van der Waals surface area (Å²) in [7, 11) is 0. The van der Waals surface area contributed by atoms with E-state index < -0.39 is 0 Å². The zero-order valence-corrected chi connectivity index (χ0v) is 14.2. The van der Waals surface area contributed by atoms with Gasteiger partial charge < -0.3 is 0 Å². The summed E-state index contributed by atoms with van der Waals surface area (Å²) >= 11 is 0. The molecule has 0 heterocycles. The van der Waals surface area contributed by atoms with Crippen molar-refractivity contribution in [2.45, 2.75) is 38.5 Å². The maximum Gasteiger partial charge on any atom is 0.0302 e. The van der Waals surface area contributed by atoms with Gasteiger partial charge >= 0.3 is 0 Å². The molecule has 23 heavy (non-hydrogen) atoms. The first-order valence-electron chi connectivity index (χ1n) is 8.75. The first-order valence-corrected chi connectivity index (χ1v) is 8.75. The summed E-state index contributed by atoms with van der Waals surface area (Å²) < 4.78 is 0.